The number of nitrogens with zero attached hydrogens (tertiary/aromatic N) is 2. The number of likely N-dealkylation sites (N-methyl/N-ethyl adjacent to an activating group) is 1. The molecule has 2 unspecified atom stereocenters. The van der Waals surface area contributed by atoms with Crippen LogP contribution in [0.5, 0.6) is 0 Å². The third-order valence-electron chi connectivity index (χ3n) is 5.08. The van der Waals surface area contributed by atoms with Crippen LogP contribution in [0.3, 0.4) is 0 Å². The average Bonchev–Trinajstić information content (AvgIpc) is 2.53. The minimum Gasteiger partial charge on any atom is -0.315 e. The second-order valence-electron chi connectivity index (χ2n) is 6.16. The average molecular weight is 275 g/mol. The summed E-state index contributed by atoms with van der Waals surface area (Å²) < 4.78 is 0. The van der Waals surface area contributed by atoms with Gasteiger partial charge >= 0.3 is 0 Å². The lowest BCUT2D eigenvalue weighted by Gasteiger charge is -2.48. The van der Waals surface area contributed by atoms with E-state index in [1.807, 2.05) is 12.4 Å². The van der Waals surface area contributed by atoms with Crippen LogP contribution >= 0.6 is 0 Å². The molecule has 112 valence electrons. The fraction of sp³-hybridized carbons (Fsp3) is 0.706. The van der Waals surface area contributed by atoms with Crippen molar-refractivity contribution in [2.45, 2.75) is 57.5 Å². The molecular formula is C17H29N3. The summed E-state index contributed by atoms with van der Waals surface area (Å²) in [4.78, 5) is 6.83. The van der Waals surface area contributed by atoms with E-state index in [1.54, 1.807) is 0 Å². The van der Waals surface area contributed by atoms with Crippen molar-refractivity contribution in [1.29, 1.82) is 0 Å². The maximum atomic E-state index is 4.12. The van der Waals surface area contributed by atoms with Crippen molar-refractivity contribution in [3.63, 3.8) is 0 Å². The van der Waals surface area contributed by atoms with Crippen LogP contribution in [0.2, 0.25) is 0 Å². The molecule has 20 heavy (non-hydrogen) atoms. The maximum absolute atomic E-state index is 4.12. The Hall–Kier alpha value is -0.930. The minimum atomic E-state index is 0.235. The number of aromatic nitrogens is 1. The largest absolute Gasteiger partial charge is 0.315 e. The molecule has 0 spiro atoms. The third kappa shape index (κ3) is 3.39. The fourth-order valence-electron chi connectivity index (χ4n) is 3.48. The summed E-state index contributed by atoms with van der Waals surface area (Å²) in [5, 5.41) is 3.58. The molecule has 1 aliphatic heterocycles. The van der Waals surface area contributed by atoms with E-state index in [2.05, 4.69) is 48.2 Å². The molecule has 2 rings (SSSR count). The smallest absolute Gasteiger partial charge is 0.0334 e. The Morgan fingerprint density at radius 2 is 1.90 bits per heavy atom. The number of piperidine rings is 1. The van der Waals surface area contributed by atoms with Gasteiger partial charge in [-0.05, 0) is 70.4 Å². The van der Waals surface area contributed by atoms with Gasteiger partial charge in [0.2, 0.25) is 0 Å². The first kappa shape index (κ1) is 15.5. The zero-order valence-corrected chi connectivity index (χ0v) is 13.2. The van der Waals surface area contributed by atoms with E-state index in [1.165, 1.54) is 44.3 Å². The van der Waals surface area contributed by atoms with Crippen LogP contribution in [-0.2, 0) is 6.42 Å². The number of nitrogens with one attached hydrogen (secondary N) is 1. The maximum Gasteiger partial charge on any atom is 0.0334 e. The molecule has 1 N–H and O–H groups in total. The van der Waals surface area contributed by atoms with Gasteiger partial charge in [0, 0.05) is 24.0 Å². The zero-order chi connectivity index (χ0) is 14.4. The monoisotopic (exact) mass is 275 g/mol. The van der Waals surface area contributed by atoms with Gasteiger partial charge in [-0.15, -0.1) is 0 Å². The van der Waals surface area contributed by atoms with Crippen LogP contribution < -0.4 is 5.32 Å². The quantitative estimate of drug-likeness (QED) is 0.865. The standard InChI is InChI=1S/C17H29N3/c1-4-17(2,20-12-6-5-7-13-20)16(18-3)14-15-8-10-19-11-9-15/h8-11,16,18H,4-7,12-14H2,1-3H3. The van der Waals surface area contributed by atoms with Crippen molar-refractivity contribution in [3.8, 4) is 0 Å². The Morgan fingerprint density at radius 3 is 2.45 bits per heavy atom. The Bertz CT molecular complexity index is 386. The minimum absolute atomic E-state index is 0.235. The first-order valence-corrected chi connectivity index (χ1v) is 8.02. The van der Waals surface area contributed by atoms with Crippen molar-refractivity contribution in [1.82, 2.24) is 15.2 Å². The topological polar surface area (TPSA) is 28.2 Å². The molecule has 0 bridgehead atoms. The van der Waals surface area contributed by atoms with Crippen molar-refractivity contribution in [3.05, 3.63) is 30.1 Å². The lowest BCUT2D eigenvalue weighted by molar-refractivity contribution is 0.0453. The van der Waals surface area contributed by atoms with Crippen LogP contribution in [0, 0.1) is 0 Å². The highest BCUT2D eigenvalue weighted by atomic mass is 15.2. The second kappa shape index (κ2) is 7.19. The summed E-state index contributed by atoms with van der Waals surface area (Å²) in [6.45, 7) is 7.25. The van der Waals surface area contributed by atoms with Crippen LogP contribution in [0.1, 0.15) is 45.1 Å². The first-order valence-electron chi connectivity index (χ1n) is 8.02. The molecular weight excluding hydrogens is 246 g/mol. The molecule has 0 aliphatic carbocycles. The zero-order valence-electron chi connectivity index (χ0n) is 13.2. The summed E-state index contributed by atoms with van der Waals surface area (Å²) in [7, 11) is 2.10. The van der Waals surface area contributed by atoms with Gasteiger partial charge in [0.15, 0.2) is 0 Å². The molecule has 2 heterocycles. The number of likely N-dealkylation sites (tertiary alicyclic amines) is 1. The Morgan fingerprint density at radius 1 is 1.25 bits per heavy atom. The molecule has 0 aromatic carbocycles. The number of hydrogen-bond donors (Lipinski definition) is 1. The van der Waals surface area contributed by atoms with E-state index >= 15 is 0 Å². The summed E-state index contributed by atoms with van der Waals surface area (Å²) in [5.41, 5.74) is 1.61. The molecule has 0 amide bonds. The summed E-state index contributed by atoms with van der Waals surface area (Å²) in [5.74, 6) is 0. The van der Waals surface area contributed by atoms with E-state index in [0.717, 1.165) is 6.42 Å². The molecule has 0 radical (unpaired) electrons. The molecule has 1 aliphatic rings. The highest BCUT2D eigenvalue weighted by molar-refractivity contribution is 5.14. The molecule has 0 saturated carbocycles. The van der Waals surface area contributed by atoms with Crippen LogP contribution in [-0.4, -0.2) is 41.6 Å². The Kier molecular flexibility index (Phi) is 5.55. The lowest BCUT2D eigenvalue weighted by atomic mass is 9.82. The van der Waals surface area contributed by atoms with Crippen LogP contribution in [0.25, 0.3) is 0 Å². The Labute approximate surface area is 123 Å². The number of rotatable bonds is 6. The van der Waals surface area contributed by atoms with E-state index in [-0.39, 0.29) is 5.54 Å². The van der Waals surface area contributed by atoms with Gasteiger partial charge in [-0.2, -0.15) is 0 Å². The van der Waals surface area contributed by atoms with Gasteiger partial charge in [-0.1, -0.05) is 13.3 Å². The van der Waals surface area contributed by atoms with E-state index in [4.69, 9.17) is 0 Å². The molecule has 3 nitrogen and oxygen atoms in total. The van der Waals surface area contributed by atoms with Gasteiger partial charge < -0.3 is 5.32 Å². The second-order valence-corrected chi connectivity index (χ2v) is 6.16. The summed E-state index contributed by atoms with van der Waals surface area (Å²) in [6.07, 6.45) is 10.1. The van der Waals surface area contributed by atoms with Gasteiger partial charge in [0.25, 0.3) is 0 Å². The van der Waals surface area contributed by atoms with E-state index < -0.39 is 0 Å². The highest BCUT2D eigenvalue weighted by Crippen LogP contribution is 2.29. The van der Waals surface area contributed by atoms with Crippen molar-refractivity contribution >= 4 is 0 Å². The first-order chi connectivity index (χ1) is 9.70. The normalized spacial score (nSPS) is 21.4. The van der Waals surface area contributed by atoms with E-state index in [9.17, 15) is 0 Å². The number of pyridine rings is 1. The molecule has 1 fully saturated rings. The fourth-order valence-corrected chi connectivity index (χ4v) is 3.48. The number of hydrogen-bond acceptors (Lipinski definition) is 3. The highest BCUT2D eigenvalue weighted by Gasteiger charge is 2.37. The van der Waals surface area contributed by atoms with Gasteiger partial charge in [0.1, 0.15) is 0 Å². The molecule has 1 aromatic rings. The summed E-state index contributed by atoms with van der Waals surface area (Å²) >= 11 is 0. The summed E-state index contributed by atoms with van der Waals surface area (Å²) in [6, 6.07) is 4.75. The van der Waals surface area contributed by atoms with Crippen molar-refractivity contribution < 1.29 is 0 Å². The van der Waals surface area contributed by atoms with Crippen LogP contribution in [0.4, 0.5) is 0 Å². The SMILES string of the molecule is CCC(C)(C(Cc1ccncc1)NC)N1CCCCC1. The predicted octanol–water partition coefficient (Wildman–Crippen LogP) is 2.87. The van der Waals surface area contributed by atoms with Gasteiger partial charge in [-0.25, -0.2) is 0 Å². The van der Waals surface area contributed by atoms with E-state index in [0.29, 0.717) is 6.04 Å². The van der Waals surface area contributed by atoms with Gasteiger partial charge in [-0.3, -0.25) is 9.88 Å². The molecule has 2 atom stereocenters. The Balaban J connectivity index is 2.13. The third-order valence-corrected chi connectivity index (χ3v) is 5.08. The predicted molar refractivity (Wildman–Crippen MR) is 84.9 cm³/mol. The molecule has 1 aromatic heterocycles. The molecule has 3 heteroatoms. The molecule has 1 saturated heterocycles. The van der Waals surface area contributed by atoms with Crippen LogP contribution in [0.15, 0.2) is 24.5 Å². The lowest BCUT2D eigenvalue weighted by Crippen LogP contribution is -2.60. The van der Waals surface area contributed by atoms with Crippen molar-refractivity contribution in [2.75, 3.05) is 20.1 Å². The van der Waals surface area contributed by atoms with Gasteiger partial charge in [0.05, 0.1) is 0 Å². The van der Waals surface area contributed by atoms with Crippen molar-refractivity contribution in [2.24, 2.45) is 0 Å².